The zero-order chi connectivity index (χ0) is 18.9. The van der Waals surface area contributed by atoms with Crippen LogP contribution in [0, 0.1) is 0 Å². The summed E-state index contributed by atoms with van der Waals surface area (Å²) in [5.41, 5.74) is 0. The van der Waals surface area contributed by atoms with Crippen molar-refractivity contribution < 1.29 is 9.22 Å². The quantitative estimate of drug-likeness (QED) is 0.185. The number of hydrogen-bond donors (Lipinski definition) is 0. The van der Waals surface area contributed by atoms with Crippen molar-refractivity contribution in [1.82, 2.24) is 0 Å². The predicted octanol–water partition coefficient (Wildman–Crippen LogP) is 7.11. The zero-order valence-electron chi connectivity index (χ0n) is 18.6. The van der Waals surface area contributed by atoms with Crippen LogP contribution in [0.1, 0.15) is 117 Å². The average Bonchev–Trinajstić information content (AvgIpc) is 3.09. The zero-order valence-corrected chi connectivity index (χ0v) is 18.6. The molecule has 2 heteroatoms. The fraction of sp³-hybridized carbons (Fsp3) is 1.00. The predicted molar refractivity (Wildman–Crippen MR) is 116 cm³/mol. The molecule has 1 fully saturated rings. The monoisotopic (exact) mass is 368 g/mol. The summed E-state index contributed by atoms with van der Waals surface area (Å²) in [6.07, 6.45) is 22.8. The largest absolute Gasteiger partial charge is 0.375 e. The van der Waals surface area contributed by atoms with Gasteiger partial charge < -0.3 is 9.22 Å². The third-order valence-corrected chi connectivity index (χ3v) is 6.65. The third kappa shape index (κ3) is 11.6. The molecule has 0 radical (unpaired) electrons. The van der Waals surface area contributed by atoms with E-state index >= 15 is 0 Å². The fourth-order valence-corrected chi connectivity index (χ4v) is 4.33. The van der Waals surface area contributed by atoms with Crippen molar-refractivity contribution in [2.24, 2.45) is 0 Å². The maximum Gasteiger partial charge on any atom is 0.110 e. The Morgan fingerprint density at radius 2 is 1.12 bits per heavy atom. The molecule has 1 atom stereocenters. The minimum absolute atomic E-state index is 0.671. The van der Waals surface area contributed by atoms with Crippen LogP contribution in [-0.2, 0) is 4.74 Å². The first-order valence-corrected chi connectivity index (χ1v) is 12.1. The molecule has 1 aliphatic rings. The van der Waals surface area contributed by atoms with Gasteiger partial charge in [0.05, 0.1) is 26.7 Å². The first-order chi connectivity index (χ1) is 12.7. The van der Waals surface area contributed by atoms with E-state index in [0.29, 0.717) is 6.04 Å². The van der Waals surface area contributed by atoms with E-state index in [-0.39, 0.29) is 0 Å². The molecule has 1 heterocycles. The van der Waals surface area contributed by atoms with Crippen LogP contribution in [-0.4, -0.2) is 43.9 Å². The Morgan fingerprint density at radius 3 is 1.58 bits per heavy atom. The van der Waals surface area contributed by atoms with Crippen LogP contribution in [0.5, 0.6) is 0 Å². The van der Waals surface area contributed by atoms with Gasteiger partial charge in [0.15, 0.2) is 0 Å². The van der Waals surface area contributed by atoms with Gasteiger partial charge in [-0.05, 0) is 13.3 Å². The molecule has 0 aliphatic carbocycles. The van der Waals surface area contributed by atoms with E-state index in [0.717, 1.165) is 13.2 Å². The van der Waals surface area contributed by atoms with E-state index in [1.807, 2.05) is 0 Å². The lowest BCUT2D eigenvalue weighted by Crippen LogP contribution is -2.50. The maximum absolute atomic E-state index is 5.96. The normalized spacial score (nSPS) is 17.7. The van der Waals surface area contributed by atoms with Crippen LogP contribution in [0.2, 0.25) is 0 Å². The second-order valence-electron chi connectivity index (χ2n) is 9.15. The van der Waals surface area contributed by atoms with E-state index in [9.17, 15) is 0 Å². The van der Waals surface area contributed by atoms with Gasteiger partial charge in [-0.3, -0.25) is 0 Å². The van der Waals surface area contributed by atoms with E-state index in [1.54, 1.807) is 0 Å². The van der Waals surface area contributed by atoms with Crippen molar-refractivity contribution in [2.75, 3.05) is 33.4 Å². The number of likely N-dealkylation sites (N-methyl/N-ethyl adjacent to an activating group) is 1. The summed E-state index contributed by atoms with van der Waals surface area (Å²) in [6.45, 7) is 9.30. The number of unbranched alkanes of at least 4 members (excludes halogenated alkanes) is 13. The standard InChI is InChI=1S/C24H50NO/c1-4-5-6-7-8-9-10-11-12-13-14-15-16-19-22-26-23-24(2)25(3)20-17-18-21-25/h24H,4-23H2,1-3H3/q+1. The minimum atomic E-state index is 0.671. The van der Waals surface area contributed by atoms with Crippen molar-refractivity contribution in [2.45, 2.75) is 123 Å². The Labute approximate surface area is 165 Å². The molecule has 0 saturated carbocycles. The average molecular weight is 369 g/mol. The minimum Gasteiger partial charge on any atom is -0.375 e. The summed E-state index contributed by atoms with van der Waals surface area (Å²) in [4.78, 5) is 0. The second-order valence-corrected chi connectivity index (χ2v) is 9.15. The molecule has 1 rings (SSSR count). The molecule has 1 saturated heterocycles. The maximum atomic E-state index is 5.96. The van der Waals surface area contributed by atoms with Crippen molar-refractivity contribution in [3.63, 3.8) is 0 Å². The molecular weight excluding hydrogens is 318 g/mol. The van der Waals surface area contributed by atoms with Gasteiger partial charge in [-0.25, -0.2) is 0 Å². The highest BCUT2D eigenvalue weighted by molar-refractivity contribution is 4.58. The van der Waals surface area contributed by atoms with Crippen LogP contribution >= 0.6 is 0 Å². The molecule has 2 nitrogen and oxygen atoms in total. The van der Waals surface area contributed by atoms with Crippen molar-refractivity contribution in [3.8, 4) is 0 Å². The number of quaternary nitrogens is 1. The summed E-state index contributed by atoms with van der Waals surface area (Å²) in [6, 6.07) is 0.671. The van der Waals surface area contributed by atoms with E-state index in [1.165, 1.54) is 120 Å². The van der Waals surface area contributed by atoms with Gasteiger partial charge >= 0.3 is 0 Å². The van der Waals surface area contributed by atoms with Gasteiger partial charge in [-0.15, -0.1) is 0 Å². The Bertz CT molecular complexity index is 299. The van der Waals surface area contributed by atoms with E-state index in [4.69, 9.17) is 4.74 Å². The SMILES string of the molecule is CCCCCCCCCCCCCCCCOCC(C)[N+]1(C)CCCC1. The van der Waals surface area contributed by atoms with Gasteiger partial charge in [0.2, 0.25) is 0 Å². The smallest absolute Gasteiger partial charge is 0.110 e. The summed E-state index contributed by atoms with van der Waals surface area (Å²) in [7, 11) is 2.41. The molecule has 1 unspecified atom stereocenters. The number of rotatable bonds is 18. The number of hydrogen-bond acceptors (Lipinski definition) is 1. The molecule has 156 valence electrons. The first-order valence-electron chi connectivity index (χ1n) is 12.1. The topological polar surface area (TPSA) is 9.23 Å². The highest BCUT2D eigenvalue weighted by atomic mass is 16.5. The third-order valence-electron chi connectivity index (χ3n) is 6.65. The van der Waals surface area contributed by atoms with Crippen LogP contribution in [0.25, 0.3) is 0 Å². The molecule has 1 aliphatic heterocycles. The van der Waals surface area contributed by atoms with Crippen LogP contribution in [0.3, 0.4) is 0 Å². The highest BCUT2D eigenvalue weighted by Crippen LogP contribution is 2.21. The van der Waals surface area contributed by atoms with Gasteiger partial charge in [0, 0.05) is 19.4 Å². The van der Waals surface area contributed by atoms with Crippen molar-refractivity contribution in [1.29, 1.82) is 0 Å². The number of likely N-dealkylation sites (tertiary alicyclic amines) is 1. The first kappa shape index (κ1) is 24.0. The Balaban J connectivity index is 1.74. The summed E-state index contributed by atoms with van der Waals surface area (Å²) < 4.78 is 7.20. The second kappa shape index (κ2) is 15.9. The molecular formula is C24H50NO+. The molecule has 0 aromatic carbocycles. The number of nitrogens with zero attached hydrogens (tertiary/aromatic N) is 1. The van der Waals surface area contributed by atoms with Gasteiger partial charge in [-0.2, -0.15) is 0 Å². The van der Waals surface area contributed by atoms with Gasteiger partial charge in [0.1, 0.15) is 6.04 Å². The summed E-state index contributed by atoms with van der Waals surface area (Å²) >= 11 is 0. The number of ether oxygens (including phenoxy) is 1. The van der Waals surface area contributed by atoms with Gasteiger partial charge in [0.25, 0.3) is 0 Å². The van der Waals surface area contributed by atoms with Crippen LogP contribution in [0.4, 0.5) is 0 Å². The van der Waals surface area contributed by atoms with Crippen molar-refractivity contribution in [3.05, 3.63) is 0 Å². The Kier molecular flexibility index (Phi) is 14.7. The van der Waals surface area contributed by atoms with Crippen LogP contribution in [0.15, 0.2) is 0 Å². The van der Waals surface area contributed by atoms with E-state index in [2.05, 4.69) is 20.9 Å². The summed E-state index contributed by atoms with van der Waals surface area (Å²) in [5, 5.41) is 0. The van der Waals surface area contributed by atoms with Gasteiger partial charge in [-0.1, -0.05) is 90.4 Å². The Hall–Kier alpha value is -0.0800. The lowest BCUT2D eigenvalue weighted by Gasteiger charge is -2.35. The van der Waals surface area contributed by atoms with Crippen LogP contribution < -0.4 is 0 Å². The molecule has 0 N–H and O–H groups in total. The summed E-state index contributed by atoms with van der Waals surface area (Å²) in [5.74, 6) is 0. The molecule has 0 amide bonds. The fourth-order valence-electron chi connectivity index (χ4n) is 4.33. The lowest BCUT2D eigenvalue weighted by molar-refractivity contribution is -0.920. The highest BCUT2D eigenvalue weighted by Gasteiger charge is 2.32. The van der Waals surface area contributed by atoms with E-state index < -0.39 is 0 Å². The Morgan fingerprint density at radius 1 is 0.692 bits per heavy atom. The van der Waals surface area contributed by atoms with Crippen molar-refractivity contribution >= 4 is 0 Å². The molecule has 0 spiro atoms. The lowest BCUT2D eigenvalue weighted by atomic mass is 10.0. The molecule has 26 heavy (non-hydrogen) atoms. The molecule has 0 aromatic heterocycles. The molecule has 0 bridgehead atoms. The molecule has 0 aromatic rings.